The average molecular weight is 335 g/mol. The first-order valence-electron chi connectivity index (χ1n) is 6.75. The van der Waals surface area contributed by atoms with Gasteiger partial charge in [0.15, 0.2) is 5.11 Å². The second-order valence-electron chi connectivity index (χ2n) is 4.35. The molecule has 7 nitrogen and oxygen atoms in total. The molecule has 0 aliphatic rings. The molecule has 0 aliphatic heterocycles. The Bertz CT molecular complexity index is 643. The molecule has 0 heterocycles. The van der Waals surface area contributed by atoms with E-state index in [4.69, 9.17) is 12.2 Å². The molecule has 2 amide bonds. The van der Waals surface area contributed by atoms with Crippen LogP contribution in [0.3, 0.4) is 0 Å². The molecule has 0 aromatic heterocycles. The van der Waals surface area contributed by atoms with Crippen LogP contribution in [0, 0.1) is 6.92 Å². The van der Waals surface area contributed by atoms with Crippen molar-refractivity contribution in [3.05, 3.63) is 47.5 Å². The molecule has 3 N–H and O–H groups in total. The Kier molecular flexibility index (Phi) is 7.41. The summed E-state index contributed by atoms with van der Waals surface area (Å²) in [4.78, 5) is 34.4. The molecule has 8 heteroatoms. The first kappa shape index (κ1) is 18.3. The summed E-state index contributed by atoms with van der Waals surface area (Å²) in [5.74, 6) is -1.65. The Morgan fingerprint density at radius 3 is 2.61 bits per heavy atom. The van der Waals surface area contributed by atoms with E-state index < -0.39 is 17.8 Å². The number of hydrogen-bond donors (Lipinski definition) is 3. The number of nitrogens with one attached hydrogen (secondary N) is 3. The van der Waals surface area contributed by atoms with E-state index in [1.807, 2.05) is 13.0 Å². The van der Waals surface area contributed by atoms with Crippen molar-refractivity contribution in [3.8, 4) is 0 Å². The number of esters is 1. The number of amides is 2. The maximum absolute atomic E-state index is 11.9. The number of hydrazine groups is 1. The molecule has 0 atom stereocenters. The van der Waals surface area contributed by atoms with Crippen molar-refractivity contribution in [1.82, 2.24) is 16.2 Å². The van der Waals surface area contributed by atoms with E-state index in [-0.39, 0.29) is 11.7 Å². The molecular weight excluding hydrogens is 318 g/mol. The predicted molar refractivity (Wildman–Crippen MR) is 88.3 cm³/mol. The molecule has 0 fully saturated rings. The summed E-state index contributed by atoms with van der Waals surface area (Å²) in [6.45, 7) is 3.74. The van der Waals surface area contributed by atoms with Crippen LogP contribution in [0.2, 0.25) is 0 Å². The Morgan fingerprint density at radius 2 is 1.96 bits per heavy atom. The van der Waals surface area contributed by atoms with Crippen molar-refractivity contribution < 1.29 is 19.1 Å². The first-order chi connectivity index (χ1) is 10.9. The fourth-order valence-corrected chi connectivity index (χ4v) is 1.64. The van der Waals surface area contributed by atoms with Gasteiger partial charge >= 0.3 is 5.97 Å². The minimum atomic E-state index is -0.630. The van der Waals surface area contributed by atoms with Gasteiger partial charge < -0.3 is 4.74 Å². The second-order valence-corrected chi connectivity index (χ2v) is 4.76. The second kappa shape index (κ2) is 9.31. The van der Waals surface area contributed by atoms with Gasteiger partial charge in [0.1, 0.15) is 0 Å². The van der Waals surface area contributed by atoms with Crippen LogP contribution in [0.15, 0.2) is 36.4 Å². The van der Waals surface area contributed by atoms with Crippen LogP contribution < -0.4 is 16.2 Å². The number of aryl methyl sites for hydroxylation is 1. The third kappa shape index (κ3) is 7.18. The van der Waals surface area contributed by atoms with E-state index in [1.165, 1.54) is 0 Å². The lowest BCUT2D eigenvalue weighted by molar-refractivity contribution is -0.137. The quantitative estimate of drug-likeness (QED) is 0.325. The third-order valence-electron chi connectivity index (χ3n) is 2.46. The lowest BCUT2D eigenvalue weighted by Crippen LogP contribution is -2.48. The van der Waals surface area contributed by atoms with E-state index >= 15 is 0 Å². The lowest BCUT2D eigenvalue weighted by Gasteiger charge is -2.09. The van der Waals surface area contributed by atoms with E-state index in [2.05, 4.69) is 20.9 Å². The van der Waals surface area contributed by atoms with Crippen LogP contribution in [0.5, 0.6) is 0 Å². The molecule has 0 saturated heterocycles. The minimum Gasteiger partial charge on any atom is -0.463 e. The Hall–Kier alpha value is -2.74. The maximum atomic E-state index is 11.9. The normalized spacial score (nSPS) is 10.0. The summed E-state index contributed by atoms with van der Waals surface area (Å²) in [6, 6.07) is 6.98. The van der Waals surface area contributed by atoms with E-state index in [1.54, 1.807) is 25.1 Å². The zero-order valence-electron chi connectivity index (χ0n) is 12.7. The van der Waals surface area contributed by atoms with Crippen molar-refractivity contribution in [2.75, 3.05) is 6.61 Å². The number of thiocarbonyl (C=S) groups is 1. The molecule has 122 valence electrons. The highest BCUT2D eigenvalue weighted by molar-refractivity contribution is 7.80. The molecule has 0 aliphatic carbocycles. The SMILES string of the molecule is CCOC(=O)/C=C/C(=O)NC(=S)NNC(=O)c1cccc(C)c1. The largest absolute Gasteiger partial charge is 0.463 e. The van der Waals surface area contributed by atoms with Crippen LogP contribution in [0.1, 0.15) is 22.8 Å². The zero-order chi connectivity index (χ0) is 17.2. The molecule has 1 aromatic rings. The molecule has 1 rings (SSSR count). The summed E-state index contributed by atoms with van der Waals surface area (Å²) < 4.78 is 4.62. The summed E-state index contributed by atoms with van der Waals surface area (Å²) in [6.07, 6.45) is 1.96. The van der Waals surface area contributed by atoms with Crippen molar-refractivity contribution in [3.63, 3.8) is 0 Å². The molecular formula is C15H17N3O4S. The van der Waals surface area contributed by atoms with Gasteiger partial charge in [-0.25, -0.2) is 4.79 Å². The highest BCUT2D eigenvalue weighted by Gasteiger charge is 2.07. The molecule has 0 unspecified atom stereocenters. The van der Waals surface area contributed by atoms with Crippen LogP contribution in [-0.4, -0.2) is 29.5 Å². The fraction of sp³-hybridized carbons (Fsp3) is 0.200. The van der Waals surface area contributed by atoms with Gasteiger partial charge in [-0.3, -0.25) is 25.8 Å². The van der Waals surface area contributed by atoms with E-state index in [0.717, 1.165) is 17.7 Å². The van der Waals surface area contributed by atoms with Crippen molar-refractivity contribution in [2.45, 2.75) is 13.8 Å². The molecule has 1 aromatic carbocycles. The van der Waals surface area contributed by atoms with Crippen LogP contribution in [0.25, 0.3) is 0 Å². The summed E-state index contributed by atoms with van der Waals surface area (Å²) in [5.41, 5.74) is 6.14. The Morgan fingerprint density at radius 1 is 1.22 bits per heavy atom. The smallest absolute Gasteiger partial charge is 0.330 e. The van der Waals surface area contributed by atoms with Crippen LogP contribution in [0.4, 0.5) is 0 Å². The number of ether oxygens (including phenoxy) is 1. The topological polar surface area (TPSA) is 96.5 Å². The highest BCUT2D eigenvalue weighted by atomic mass is 32.1. The van der Waals surface area contributed by atoms with Gasteiger partial charge in [0.25, 0.3) is 5.91 Å². The Labute approximate surface area is 139 Å². The Balaban J connectivity index is 2.40. The van der Waals surface area contributed by atoms with Crippen LogP contribution >= 0.6 is 12.2 Å². The van der Waals surface area contributed by atoms with Gasteiger partial charge in [-0.15, -0.1) is 0 Å². The van der Waals surface area contributed by atoms with E-state index in [9.17, 15) is 14.4 Å². The molecule has 0 saturated carbocycles. The van der Waals surface area contributed by atoms with Gasteiger partial charge in [-0.2, -0.15) is 0 Å². The maximum Gasteiger partial charge on any atom is 0.330 e. The molecule has 0 radical (unpaired) electrons. The van der Waals surface area contributed by atoms with Crippen LogP contribution in [-0.2, 0) is 14.3 Å². The van der Waals surface area contributed by atoms with Crippen molar-refractivity contribution in [1.29, 1.82) is 0 Å². The van der Waals surface area contributed by atoms with Crippen molar-refractivity contribution >= 4 is 35.1 Å². The van der Waals surface area contributed by atoms with Gasteiger partial charge in [0.05, 0.1) is 6.61 Å². The number of benzene rings is 1. The van der Waals surface area contributed by atoms with Gasteiger partial charge in [0.2, 0.25) is 5.91 Å². The fourth-order valence-electron chi connectivity index (χ4n) is 1.49. The number of hydrogen-bond acceptors (Lipinski definition) is 5. The minimum absolute atomic E-state index is 0.107. The summed E-state index contributed by atoms with van der Waals surface area (Å²) in [7, 11) is 0. The summed E-state index contributed by atoms with van der Waals surface area (Å²) >= 11 is 4.85. The first-order valence-corrected chi connectivity index (χ1v) is 7.16. The summed E-state index contributed by atoms with van der Waals surface area (Å²) in [5, 5.41) is 2.16. The predicted octanol–water partition coefficient (Wildman–Crippen LogP) is 0.750. The average Bonchev–Trinajstić information content (AvgIpc) is 2.51. The van der Waals surface area contributed by atoms with Gasteiger partial charge in [-0.1, -0.05) is 17.7 Å². The highest BCUT2D eigenvalue weighted by Crippen LogP contribution is 2.02. The van der Waals surface area contributed by atoms with Crippen molar-refractivity contribution in [2.24, 2.45) is 0 Å². The number of carbonyl (C=O) groups is 3. The lowest BCUT2D eigenvalue weighted by atomic mass is 10.1. The monoisotopic (exact) mass is 335 g/mol. The van der Waals surface area contributed by atoms with Gasteiger partial charge in [0, 0.05) is 17.7 Å². The van der Waals surface area contributed by atoms with Gasteiger partial charge in [-0.05, 0) is 38.2 Å². The molecule has 0 bridgehead atoms. The third-order valence-corrected chi connectivity index (χ3v) is 2.67. The van der Waals surface area contributed by atoms with E-state index in [0.29, 0.717) is 5.56 Å². The zero-order valence-corrected chi connectivity index (χ0v) is 13.5. The standard InChI is InChI=1S/C15H17N3O4S/c1-3-22-13(20)8-7-12(19)16-15(23)18-17-14(21)11-6-4-5-10(2)9-11/h4-9H,3H2,1-2H3,(H,17,21)(H2,16,18,19,23)/b8-7+. The number of rotatable bonds is 4. The molecule has 0 spiro atoms. The number of carbonyl (C=O) groups excluding carboxylic acids is 3. The molecule has 23 heavy (non-hydrogen) atoms.